The molecule has 1 aromatic heterocycles. The highest BCUT2D eigenvalue weighted by Gasteiger charge is 2.15. The Hall–Kier alpha value is -2.74. The van der Waals surface area contributed by atoms with E-state index < -0.39 is 23.7 Å². The Morgan fingerprint density at radius 2 is 2.04 bits per heavy atom. The third-order valence-electron chi connectivity index (χ3n) is 4.37. The van der Waals surface area contributed by atoms with Gasteiger partial charge in [-0.1, -0.05) is 0 Å². The maximum atomic E-state index is 13.8. The summed E-state index contributed by atoms with van der Waals surface area (Å²) in [7, 11) is 0. The van der Waals surface area contributed by atoms with Crippen LogP contribution in [0.2, 0.25) is 0 Å². The second-order valence-electron chi connectivity index (χ2n) is 6.34. The van der Waals surface area contributed by atoms with E-state index in [9.17, 15) is 13.6 Å². The number of hydrogen-bond acceptors (Lipinski definition) is 4. The lowest BCUT2D eigenvalue weighted by Gasteiger charge is -2.28. The number of morpholine rings is 1. The third kappa shape index (κ3) is 5.13. The van der Waals surface area contributed by atoms with Gasteiger partial charge in [-0.3, -0.25) is 0 Å². The monoisotopic (exact) mass is 376 g/mol. The van der Waals surface area contributed by atoms with E-state index in [2.05, 4.69) is 20.5 Å². The van der Waals surface area contributed by atoms with E-state index in [0.29, 0.717) is 19.8 Å². The largest absolute Gasteiger partial charge is 0.378 e. The van der Waals surface area contributed by atoms with Crippen LogP contribution in [0.15, 0.2) is 36.5 Å². The molecule has 0 spiro atoms. The lowest BCUT2D eigenvalue weighted by atomic mass is 10.1. The summed E-state index contributed by atoms with van der Waals surface area (Å²) in [5.74, 6) is -0.269. The van der Waals surface area contributed by atoms with Crippen LogP contribution in [0.4, 0.5) is 19.4 Å². The maximum absolute atomic E-state index is 13.8. The minimum Gasteiger partial charge on any atom is -0.378 e. The van der Waals surface area contributed by atoms with Crippen molar-refractivity contribution >= 4 is 11.8 Å². The molecule has 2 aromatic rings. The van der Waals surface area contributed by atoms with E-state index in [1.807, 2.05) is 12.1 Å². The van der Waals surface area contributed by atoms with Crippen LogP contribution in [0, 0.1) is 11.6 Å². The van der Waals surface area contributed by atoms with Crippen molar-refractivity contribution in [3.8, 4) is 0 Å². The van der Waals surface area contributed by atoms with E-state index in [1.54, 1.807) is 13.1 Å². The normalized spacial score (nSPS) is 15.3. The van der Waals surface area contributed by atoms with Gasteiger partial charge in [0.15, 0.2) is 0 Å². The lowest BCUT2D eigenvalue weighted by Crippen LogP contribution is -2.37. The number of carbonyl (C=O) groups excluding carboxylic acids is 1. The maximum Gasteiger partial charge on any atom is 0.315 e. The number of rotatable bonds is 5. The number of nitrogens with zero attached hydrogens (tertiary/aromatic N) is 2. The zero-order valence-corrected chi connectivity index (χ0v) is 15.0. The summed E-state index contributed by atoms with van der Waals surface area (Å²) >= 11 is 0. The zero-order valence-electron chi connectivity index (χ0n) is 15.0. The second-order valence-corrected chi connectivity index (χ2v) is 6.34. The van der Waals surface area contributed by atoms with Crippen LogP contribution in [0.5, 0.6) is 0 Å². The molecule has 1 aromatic carbocycles. The average molecular weight is 376 g/mol. The lowest BCUT2D eigenvalue weighted by molar-refractivity contribution is 0.122. The first-order chi connectivity index (χ1) is 13.0. The first-order valence-corrected chi connectivity index (χ1v) is 8.80. The third-order valence-corrected chi connectivity index (χ3v) is 4.37. The second kappa shape index (κ2) is 8.77. The predicted molar refractivity (Wildman–Crippen MR) is 97.4 cm³/mol. The van der Waals surface area contributed by atoms with Crippen molar-refractivity contribution in [3.05, 3.63) is 59.3 Å². The van der Waals surface area contributed by atoms with Crippen LogP contribution in [0.25, 0.3) is 0 Å². The van der Waals surface area contributed by atoms with E-state index in [0.717, 1.165) is 42.7 Å². The van der Waals surface area contributed by atoms with Gasteiger partial charge in [-0.15, -0.1) is 0 Å². The van der Waals surface area contributed by atoms with E-state index in [-0.39, 0.29) is 5.56 Å². The van der Waals surface area contributed by atoms with Crippen LogP contribution < -0.4 is 15.5 Å². The van der Waals surface area contributed by atoms with Gasteiger partial charge in [-0.25, -0.2) is 18.6 Å². The topological polar surface area (TPSA) is 66.5 Å². The van der Waals surface area contributed by atoms with E-state index in [4.69, 9.17) is 4.74 Å². The highest BCUT2D eigenvalue weighted by Crippen LogP contribution is 2.18. The molecule has 0 saturated carbocycles. The molecule has 27 heavy (non-hydrogen) atoms. The first-order valence-electron chi connectivity index (χ1n) is 8.80. The minimum atomic E-state index is -0.665. The molecule has 1 aliphatic rings. The Kier molecular flexibility index (Phi) is 6.18. The Labute approximate surface area is 156 Å². The molecular weight excluding hydrogens is 354 g/mol. The fourth-order valence-electron chi connectivity index (χ4n) is 2.89. The molecule has 0 bridgehead atoms. The van der Waals surface area contributed by atoms with Crippen LogP contribution in [-0.4, -0.2) is 37.3 Å². The van der Waals surface area contributed by atoms with Gasteiger partial charge in [0, 0.05) is 31.4 Å². The number of aromatic nitrogens is 1. The number of halogens is 2. The number of urea groups is 1. The van der Waals surface area contributed by atoms with Gasteiger partial charge in [0.1, 0.15) is 17.5 Å². The van der Waals surface area contributed by atoms with Crippen LogP contribution >= 0.6 is 0 Å². The molecule has 1 unspecified atom stereocenters. The summed E-state index contributed by atoms with van der Waals surface area (Å²) in [5.41, 5.74) is 0.995. The molecule has 2 N–H and O–H groups in total. The van der Waals surface area contributed by atoms with Crippen molar-refractivity contribution in [1.82, 2.24) is 15.6 Å². The molecule has 1 atom stereocenters. The number of ether oxygens (including phenoxy) is 1. The van der Waals surface area contributed by atoms with Gasteiger partial charge >= 0.3 is 6.03 Å². The van der Waals surface area contributed by atoms with Gasteiger partial charge in [-0.05, 0) is 42.8 Å². The van der Waals surface area contributed by atoms with Gasteiger partial charge in [0.25, 0.3) is 0 Å². The average Bonchev–Trinajstić information content (AvgIpc) is 2.69. The van der Waals surface area contributed by atoms with Gasteiger partial charge < -0.3 is 20.3 Å². The fourth-order valence-corrected chi connectivity index (χ4v) is 2.89. The van der Waals surface area contributed by atoms with Crippen molar-refractivity contribution in [2.75, 3.05) is 31.2 Å². The summed E-state index contributed by atoms with van der Waals surface area (Å²) in [5, 5.41) is 5.34. The Bertz CT molecular complexity index is 797. The SMILES string of the molecule is CC(NC(=O)NCc1ccnc(N2CCOCC2)c1)c1cc(F)ccc1F. The van der Waals surface area contributed by atoms with E-state index in [1.165, 1.54) is 0 Å². The van der Waals surface area contributed by atoms with E-state index >= 15 is 0 Å². The van der Waals surface area contributed by atoms with Gasteiger partial charge in [0.05, 0.1) is 19.3 Å². The first kappa shape index (κ1) is 19.0. The number of pyridine rings is 1. The molecule has 1 aliphatic heterocycles. The van der Waals surface area contributed by atoms with Crippen molar-refractivity contribution in [2.24, 2.45) is 0 Å². The molecule has 2 amide bonds. The summed E-state index contributed by atoms with van der Waals surface area (Å²) < 4.78 is 32.4. The van der Waals surface area contributed by atoms with Gasteiger partial charge in [-0.2, -0.15) is 0 Å². The Morgan fingerprint density at radius 3 is 2.81 bits per heavy atom. The standard InChI is InChI=1S/C19H22F2N4O2/c1-13(16-11-15(20)2-3-17(16)21)24-19(26)23-12-14-4-5-22-18(10-14)25-6-8-27-9-7-25/h2-5,10-11,13H,6-9,12H2,1H3,(H2,23,24,26). The molecule has 1 fully saturated rings. The molecule has 0 aliphatic carbocycles. The Morgan fingerprint density at radius 1 is 1.26 bits per heavy atom. The number of benzene rings is 1. The summed E-state index contributed by atoms with van der Waals surface area (Å²) in [6, 6.07) is 5.78. The molecule has 1 saturated heterocycles. The highest BCUT2D eigenvalue weighted by molar-refractivity contribution is 5.74. The fraction of sp³-hybridized carbons (Fsp3) is 0.368. The van der Waals surface area contributed by atoms with Crippen molar-refractivity contribution in [3.63, 3.8) is 0 Å². The molecule has 144 valence electrons. The number of carbonyl (C=O) groups is 1. The molecule has 6 nitrogen and oxygen atoms in total. The number of nitrogens with one attached hydrogen (secondary N) is 2. The molecular formula is C19H22F2N4O2. The van der Waals surface area contributed by atoms with Crippen molar-refractivity contribution in [1.29, 1.82) is 0 Å². The Balaban J connectivity index is 1.55. The highest BCUT2D eigenvalue weighted by atomic mass is 19.1. The minimum absolute atomic E-state index is 0.101. The smallest absolute Gasteiger partial charge is 0.315 e. The quantitative estimate of drug-likeness (QED) is 0.842. The van der Waals surface area contributed by atoms with Crippen LogP contribution in [-0.2, 0) is 11.3 Å². The summed E-state index contributed by atoms with van der Waals surface area (Å²) in [6.45, 7) is 4.79. The van der Waals surface area contributed by atoms with Crippen molar-refractivity contribution < 1.29 is 18.3 Å². The molecule has 8 heteroatoms. The summed E-state index contributed by atoms with van der Waals surface area (Å²) in [4.78, 5) is 18.6. The molecule has 0 radical (unpaired) electrons. The van der Waals surface area contributed by atoms with Gasteiger partial charge in [0.2, 0.25) is 0 Å². The number of anilines is 1. The summed E-state index contributed by atoms with van der Waals surface area (Å²) in [6.07, 6.45) is 1.70. The van der Waals surface area contributed by atoms with Crippen LogP contribution in [0.1, 0.15) is 24.1 Å². The molecule has 3 rings (SSSR count). The van der Waals surface area contributed by atoms with Crippen molar-refractivity contribution in [2.45, 2.75) is 19.5 Å². The zero-order chi connectivity index (χ0) is 19.2. The van der Waals surface area contributed by atoms with Crippen LogP contribution in [0.3, 0.4) is 0 Å². The number of amides is 2. The predicted octanol–water partition coefficient (Wildman–Crippen LogP) is 2.76. The number of hydrogen-bond donors (Lipinski definition) is 2. The molecule has 2 heterocycles.